The Kier molecular flexibility index (Phi) is 8.51. The lowest BCUT2D eigenvalue weighted by Gasteiger charge is -2.32. The van der Waals surface area contributed by atoms with Gasteiger partial charge in [0, 0.05) is 12.8 Å². The van der Waals surface area contributed by atoms with Crippen molar-refractivity contribution in [3.8, 4) is 0 Å². The molecule has 3 aromatic carbocycles. The molecule has 0 saturated heterocycles. The van der Waals surface area contributed by atoms with Gasteiger partial charge < -0.3 is 9.84 Å². The van der Waals surface area contributed by atoms with Crippen LogP contribution in [0.1, 0.15) is 26.2 Å². The van der Waals surface area contributed by atoms with E-state index in [1.54, 1.807) is 6.92 Å². The van der Waals surface area contributed by atoms with Crippen LogP contribution in [0.2, 0.25) is 0 Å². The van der Waals surface area contributed by atoms with Crippen molar-refractivity contribution in [1.29, 1.82) is 0 Å². The molecule has 0 aliphatic heterocycles. The Balaban J connectivity index is 2.31. The Hall–Kier alpha value is -3.30. The molecule has 5 nitrogen and oxygen atoms in total. The van der Waals surface area contributed by atoms with E-state index in [0.29, 0.717) is 0 Å². The molecule has 1 unspecified atom stereocenters. The average molecular weight is 463 g/mol. The van der Waals surface area contributed by atoms with Crippen molar-refractivity contribution in [2.24, 2.45) is 0 Å². The predicted octanol–water partition coefficient (Wildman–Crippen LogP) is 3.74. The Bertz CT molecular complexity index is 971. The summed E-state index contributed by atoms with van der Waals surface area (Å²) in [6.07, 6.45) is 0.0290. The van der Waals surface area contributed by atoms with Gasteiger partial charge >= 0.3 is 11.9 Å². The first kappa shape index (κ1) is 24.3. The van der Waals surface area contributed by atoms with Crippen molar-refractivity contribution >= 4 is 40.9 Å². The van der Waals surface area contributed by atoms with E-state index in [1.165, 1.54) is 0 Å². The Morgan fingerprint density at radius 3 is 1.55 bits per heavy atom. The van der Waals surface area contributed by atoms with E-state index < -0.39 is 24.9 Å². The van der Waals surface area contributed by atoms with Crippen molar-refractivity contribution in [2.75, 3.05) is 6.61 Å². The lowest BCUT2D eigenvalue weighted by atomic mass is 10.1. The third kappa shape index (κ3) is 5.37. The molecular weight excluding hydrogens is 435 g/mol. The smallest absolute Gasteiger partial charge is 0.356 e. The zero-order valence-electron chi connectivity index (χ0n) is 18.6. The van der Waals surface area contributed by atoms with E-state index in [2.05, 4.69) is 0 Å². The molecule has 170 valence electrons. The zero-order valence-corrected chi connectivity index (χ0v) is 19.5. The number of Topliss-reactive ketones (excluding diaryl/α,β-unsaturated/α-hetero) is 1. The number of hydrogen-bond acceptors (Lipinski definition) is 4. The van der Waals surface area contributed by atoms with Crippen LogP contribution in [0.25, 0.3) is 0 Å². The number of benzene rings is 3. The van der Waals surface area contributed by atoms with Crippen LogP contribution < -0.4 is 15.9 Å². The van der Waals surface area contributed by atoms with Crippen molar-refractivity contribution in [3.63, 3.8) is 0 Å². The highest BCUT2D eigenvalue weighted by molar-refractivity contribution is 7.97. The van der Waals surface area contributed by atoms with Gasteiger partial charge in [-0.05, 0) is 49.7 Å². The summed E-state index contributed by atoms with van der Waals surface area (Å²) in [4.78, 5) is 38.3. The molecular formula is C27H28O5P+. The van der Waals surface area contributed by atoms with E-state index in [4.69, 9.17) is 9.84 Å². The van der Waals surface area contributed by atoms with Crippen molar-refractivity contribution in [3.05, 3.63) is 91.0 Å². The Morgan fingerprint density at radius 2 is 1.18 bits per heavy atom. The molecule has 33 heavy (non-hydrogen) atoms. The monoisotopic (exact) mass is 463 g/mol. The molecule has 0 spiro atoms. The molecule has 1 N–H and O–H groups in total. The Labute approximate surface area is 194 Å². The number of esters is 1. The van der Waals surface area contributed by atoms with E-state index in [1.807, 2.05) is 91.0 Å². The SMILES string of the molecule is CCOC(=O)C(C(=O)CCCC(=O)O)[P+](c1ccccc1)(c1ccccc1)c1ccccc1. The van der Waals surface area contributed by atoms with E-state index in [-0.39, 0.29) is 31.7 Å². The van der Waals surface area contributed by atoms with Crippen molar-refractivity contribution < 1.29 is 24.2 Å². The molecule has 0 aromatic heterocycles. The summed E-state index contributed by atoms with van der Waals surface area (Å²) < 4.78 is 5.47. The number of rotatable bonds is 11. The fraction of sp³-hybridized carbons (Fsp3) is 0.222. The van der Waals surface area contributed by atoms with Crippen LogP contribution in [0, 0.1) is 0 Å². The average Bonchev–Trinajstić information content (AvgIpc) is 2.84. The summed E-state index contributed by atoms with van der Waals surface area (Å²) >= 11 is 0. The van der Waals surface area contributed by atoms with Crippen molar-refractivity contribution in [1.82, 2.24) is 0 Å². The minimum atomic E-state index is -2.84. The fourth-order valence-electron chi connectivity index (χ4n) is 4.16. The summed E-state index contributed by atoms with van der Waals surface area (Å²) in [5.41, 5.74) is -1.07. The molecule has 3 aromatic rings. The number of ether oxygens (including phenoxy) is 1. The van der Waals surface area contributed by atoms with Gasteiger partial charge in [-0.2, -0.15) is 0 Å². The topological polar surface area (TPSA) is 80.7 Å². The normalized spacial score (nSPS) is 12.0. The first-order valence-electron chi connectivity index (χ1n) is 11.0. The largest absolute Gasteiger partial charge is 0.481 e. The molecule has 0 bridgehead atoms. The highest BCUT2D eigenvalue weighted by Gasteiger charge is 2.59. The van der Waals surface area contributed by atoms with Gasteiger partial charge in [0.15, 0.2) is 5.78 Å². The molecule has 0 saturated carbocycles. The van der Waals surface area contributed by atoms with Gasteiger partial charge in [-0.25, -0.2) is 4.79 Å². The highest BCUT2D eigenvalue weighted by Crippen LogP contribution is 2.60. The number of hydrogen-bond donors (Lipinski definition) is 1. The van der Waals surface area contributed by atoms with Gasteiger partial charge in [0.2, 0.25) is 5.66 Å². The summed E-state index contributed by atoms with van der Waals surface area (Å²) in [5.74, 6) is -1.83. The molecule has 3 rings (SSSR count). The van der Waals surface area contributed by atoms with Crippen molar-refractivity contribution in [2.45, 2.75) is 31.8 Å². The van der Waals surface area contributed by atoms with Crippen LogP contribution >= 0.6 is 7.26 Å². The van der Waals surface area contributed by atoms with E-state index >= 15 is 0 Å². The standard InChI is InChI=1S/C27H27O5P/c1-2-32-27(31)26(24(28)19-12-20-25(29)30)33(21-13-6-3-7-14-21,22-15-8-4-9-16-22)23-17-10-5-11-18-23/h3-11,13-18,26H,2,12,19-20H2,1H3/p+1. The molecule has 0 amide bonds. The van der Waals surface area contributed by atoms with Gasteiger partial charge in [0.25, 0.3) is 0 Å². The number of carboxylic acid groups (broad SMARTS) is 1. The second kappa shape index (κ2) is 11.5. The third-order valence-corrected chi connectivity index (χ3v) is 10.1. The van der Waals surface area contributed by atoms with Crippen LogP contribution in [0.5, 0.6) is 0 Å². The minimum Gasteiger partial charge on any atom is -0.481 e. The first-order chi connectivity index (χ1) is 16.0. The van der Waals surface area contributed by atoms with Crippen LogP contribution in [0.4, 0.5) is 0 Å². The zero-order chi connectivity index (χ0) is 23.7. The maximum atomic E-state index is 13.7. The molecule has 0 radical (unpaired) electrons. The number of carbonyl (C=O) groups is 3. The van der Waals surface area contributed by atoms with Crippen LogP contribution in [0.3, 0.4) is 0 Å². The fourth-order valence-corrected chi connectivity index (χ4v) is 8.83. The van der Waals surface area contributed by atoms with Crippen LogP contribution in [-0.2, 0) is 19.1 Å². The second-order valence-electron chi connectivity index (χ2n) is 7.60. The maximum Gasteiger partial charge on any atom is 0.356 e. The third-order valence-electron chi connectivity index (χ3n) is 5.51. The van der Waals surface area contributed by atoms with Gasteiger partial charge in [-0.15, -0.1) is 0 Å². The van der Waals surface area contributed by atoms with Crippen LogP contribution in [0.15, 0.2) is 91.0 Å². The van der Waals surface area contributed by atoms with Gasteiger partial charge in [0.1, 0.15) is 23.2 Å². The Morgan fingerprint density at radius 1 is 0.758 bits per heavy atom. The number of aliphatic carboxylic acids is 1. The second-order valence-corrected chi connectivity index (χ2v) is 11.1. The maximum absolute atomic E-state index is 13.7. The number of ketones is 1. The van der Waals surface area contributed by atoms with Gasteiger partial charge in [0.05, 0.1) is 6.61 Å². The molecule has 0 fully saturated rings. The lowest BCUT2D eigenvalue weighted by molar-refractivity contribution is -0.145. The van der Waals surface area contributed by atoms with Crippen LogP contribution in [-0.4, -0.2) is 35.1 Å². The molecule has 0 aliphatic carbocycles. The number of carbonyl (C=O) groups excluding carboxylic acids is 2. The quantitative estimate of drug-likeness (QED) is 0.266. The predicted molar refractivity (Wildman–Crippen MR) is 132 cm³/mol. The lowest BCUT2D eigenvalue weighted by Crippen LogP contribution is -2.47. The highest BCUT2D eigenvalue weighted by atomic mass is 31.2. The molecule has 0 heterocycles. The molecule has 0 aliphatic rings. The van der Waals surface area contributed by atoms with Gasteiger partial charge in [-0.1, -0.05) is 54.6 Å². The summed E-state index contributed by atoms with van der Waals surface area (Å²) in [6, 6.07) is 29.0. The number of carboxylic acids is 1. The molecule has 6 heteroatoms. The summed E-state index contributed by atoms with van der Waals surface area (Å²) in [6.45, 7) is 1.87. The summed E-state index contributed by atoms with van der Waals surface area (Å²) in [7, 11) is -2.84. The van der Waals surface area contributed by atoms with E-state index in [9.17, 15) is 14.4 Å². The van der Waals surface area contributed by atoms with E-state index in [0.717, 1.165) is 15.9 Å². The minimum absolute atomic E-state index is 0.00989. The summed E-state index contributed by atoms with van der Waals surface area (Å²) in [5, 5.41) is 11.7. The molecule has 1 atom stereocenters. The van der Waals surface area contributed by atoms with Gasteiger partial charge in [-0.3, -0.25) is 9.59 Å². The first-order valence-corrected chi connectivity index (χ1v) is 12.8.